The highest BCUT2D eigenvalue weighted by atomic mass is 79.9. The number of hydrogen-bond acceptors (Lipinski definition) is 1. The third kappa shape index (κ3) is 4.56. The topological polar surface area (TPSA) is 12.0 Å². The maximum Gasteiger partial charge on any atom is 0.128 e. The monoisotopic (exact) mass is 341 g/mol. The third-order valence-electron chi connectivity index (χ3n) is 4.56. The fourth-order valence-electron chi connectivity index (χ4n) is 3.08. The van der Waals surface area contributed by atoms with Gasteiger partial charge in [0.2, 0.25) is 0 Å². The van der Waals surface area contributed by atoms with Crippen molar-refractivity contribution in [1.82, 2.24) is 5.32 Å². The van der Waals surface area contributed by atoms with Crippen molar-refractivity contribution in [3.8, 4) is 0 Å². The van der Waals surface area contributed by atoms with Crippen molar-refractivity contribution in [2.45, 2.75) is 52.0 Å². The molecule has 1 N–H and O–H groups in total. The van der Waals surface area contributed by atoms with E-state index in [1.54, 1.807) is 6.07 Å². The molecule has 0 heterocycles. The maximum atomic E-state index is 13.8. The molecule has 2 rings (SSSR count). The van der Waals surface area contributed by atoms with Crippen molar-refractivity contribution in [2.24, 2.45) is 11.8 Å². The largest absolute Gasteiger partial charge is 0.310 e. The van der Waals surface area contributed by atoms with Crippen molar-refractivity contribution in [2.75, 3.05) is 6.54 Å². The van der Waals surface area contributed by atoms with E-state index in [9.17, 15) is 4.39 Å². The van der Waals surface area contributed by atoms with Crippen LogP contribution >= 0.6 is 15.9 Å². The predicted octanol–water partition coefficient (Wildman–Crippen LogP) is 5.46. The highest BCUT2D eigenvalue weighted by Crippen LogP contribution is 2.30. The van der Waals surface area contributed by atoms with Crippen LogP contribution in [0, 0.1) is 17.7 Å². The quantitative estimate of drug-likeness (QED) is 0.750. The Morgan fingerprint density at radius 1 is 1.30 bits per heavy atom. The van der Waals surface area contributed by atoms with Gasteiger partial charge >= 0.3 is 0 Å². The molecule has 1 atom stereocenters. The zero-order valence-electron chi connectivity index (χ0n) is 12.5. The van der Waals surface area contributed by atoms with Gasteiger partial charge in [-0.05, 0) is 49.9 Å². The molecule has 0 radical (unpaired) electrons. The summed E-state index contributed by atoms with van der Waals surface area (Å²) in [6.07, 6.45) is 6.69. The van der Waals surface area contributed by atoms with E-state index in [1.807, 2.05) is 13.0 Å². The van der Waals surface area contributed by atoms with Gasteiger partial charge in [0.1, 0.15) is 5.82 Å². The number of halogens is 2. The summed E-state index contributed by atoms with van der Waals surface area (Å²) in [5.41, 5.74) is 0.747. The number of hydrogen-bond donors (Lipinski definition) is 1. The molecule has 0 saturated heterocycles. The minimum atomic E-state index is -0.125. The van der Waals surface area contributed by atoms with Crippen LogP contribution in [-0.4, -0.2) is 6.54 Å². The molecular formula is C17H25BrFN. The fourth-order valence-corrected chi connectivity index (χ4v) is 3.46. The number of rotatable bonds is 5. The normalized spacial score (nSPS) is 24.6. The number of nitrogens with one attached hydrogen (secondary N) is 1. The Kier molecular flexibility index (Phi) is 6.03. The average molecular weight is 342 g/mol. The van der Waals surface area contributed by atoms with Gasteiger partial charge in [0.15, 0.2) is 0 Å². The van der Waals surface area contributed by atoms with Gasteiger partial charge in [-0.2, -0.15) is 0 Å². The number of benzene rings is 1. The molecule has 1 saturated carbocycles. The minimum Gasteiger partial charge on any atom is -0.310 e. The lowest BCUT2D eigenvalue weighted by Crippen LogP contribution is -2.24. The van der Waals surface area contributed by atoms with Crippen LogP contribution in [-0.2, 0) is 0 Å². The molecule has 1 aromatic rings. The average Bonchev–Trinajstić information content (AvgIpc) is 2.43. The van der Waals surface area contributed by atoms with Crippen LogP contribution in [0.3, 0.4) is 0 Å². The Morgan fingerprint density at radius 2 is 2.00 bits per heavy atom. The highest BCUT2D eigenvalue weighted by molar-refractivity contribution is 9.10. The summed E-state index contributed by atoms with van der Waals surface area (Å²) in [7, 11) is 0. The van der Waals surface area contributed by atoms with Crippen LogP contribution in [0.1, 0.15) is 57.6 Å². The summed E-state index contributed by atoms with van der Waals surface area (Å²) in [6.45, 7) is 5.37. The van der Waals surface area contributed by atoms with Crippen molar-refractivity contribution >= 4 is 15.9 Å². The van der Waals surface area contributed by atoms with Gasteiger partial charge < -0.3 is 5.32 Å². The first kappa shape index (κ1) is 16.0. The second-order valence-electron chi connectivity index (χ2n) is 6.26. The van der Waals surface area contributed by atoms with Crippen LogP contribution < -0.4 is 5.32 Å². The van der Waals surface area contributed by atoms with Crippen LogP contribution in [0.25, 0.3) is 0 Å². The van der Waals surface area contributed by atoms with Gasteiger partial charge in [0, 0.05) is 16.1 Å². The summed E-state index contributed by atoms with van der Waals surface area (Å²) in [4.78, 5) is 0. The van der Waals surface area contributed by atoms with Crippen molar-refractivity contribution in [3.63, 3.8) is 0 Å². The molecule has 1 nitrogen and oxygen atoms in total. The molecule has 0 bridgehead atoms. The summed E-state index contributed by atoms with van der Waals surface area (Å²) in [5.74, 6) is 1.65. The van der Waals surface area contributed by atoms with Crippen molar-refractivity contribution < 1.29 is 4.39 Å². The Morgan fingerprint density at radius 3 is 2.70 bits per heavy atom. The van der Waals surface area contributed by atoms with Crippen LogP contribution in [0.2, 0.25) is 0 Å². The minimum absolute atomic E-state index is 0.0648. The molecule has 20 heavy (non-hydrogen) atoms. The van der Waals surface area contributed by atoms with Gasteiger partial charge in [-0.1, -0.05) is 48.5 Å². The molecule has 112 valence electrons. The van der Waals surface area contributed by atoms with E-state index in [1.165, 1.54) is 38.2 Å². The lowest BCUT2D eigenvalue weighted by molar-refractivity contribution is 0.273. The Bertz CT molecular complexity index is 427. The van der Waals surface area contributed by atoms with Gasteiger partial charge in [-0.3, -0.25) is 0 Å². The Labute approximate surface area is 130 Å². The first-order valence-electron chi connectivity index (χ1n) is 7.74. The van der Waals surface area contributed by atoms with Gasteiger partial charge in [0.25, 0.3) is 0 Å². The summed E-state index contributed by atoms with van der Waals surface area (Å²) in [6, 6.07) is 5.21. The first-order valence-corrected chi connectivity index (χ1v) is 8.54. The lowest BCUT2D eigenvalue weighted by atomic mass is 9.81. The van der Waals surface area contributed by atoms with Gasteiger partial charge in [-0.25, -0.2) is 4.39 Å². The molecule has 1 aromatic carbocycles. The second-order valence-corrected chi connectivity index (χ2v) is 7.17. The molecule has 3 heteroatoms. The van der Waals surface area contributed by atoms with E-state index in [4.69, 9.17) is 0 Å². The molecule has 1 aliphatic rings. The van der Waals surface area contributed by atoms with Crippen LogP contribution in [0.4, 0.5) is 4.39 Å². The van der Waals surface area contributed by atoms with E-state index >= 15 is 0 Å². The second kappa shape index (κ2) is 7.56. The Balaban J connectivity index is 1.77. The first-order chi connectivity index (χ1) is 9.56. The zero-order valence-corrected chi connectivity index (χ0v) is 14.0. The van der Waals surface area contributed by atoms with E-state index in [2.05, 4.69) is 28.2 Å². The summed E-state index contributed by atoms with van der Waals surface area (Å²) in [5, 5.41) is 3.46. The fraction of sp³-hybridized carbons (Fsp3) is 0.647. The standard InChI is InChI=1S/C17H25BrFN/c1-12-3-5-14(6-4-12)9-10-20-13(2)16-11-15(18)7-8-17(16)19/h7-8,11-14,20H,3-6,9-10H2,1-2H3. The van der Waals surface area contributed by atoms with E-state index < -0.39 is 0 Å². The van der Waals surface area contributed by atoms with Crippen LogP contribution in [0.15, 0.2) is 22.7 Å². The van der Waals surface area contributed by atoms with Gasteiger partial charge in [0.05, 0.1) is 0 Å². The molecule has 0 aliphatic heterocycles. The molecule has 1 fully saturated rings. The van der Waals surface area contributed by atoms with Crippen LogP contribution in [0.5, 0.6) is 0 Å². The third-order valence-corrected chi connectivity index (χ3v) is 5.06. The molecule has 1 aliphatic carbocycles. The molecular weight excluding hydrogens is 317 g/mol. The Hall–Kier alpha value is -0.410. The SMILES string of the molecule is CC1CCC(CCNC(C)c2cc(Br)ccc2F)CC1. The zero-order chi connectivity index (χ0) is 14.5. The summed E-state index contributed by atoms with van der Waals surface area (Å²) >= 11 is 3.41. The molecule has 0 amide bonds. The molecule has 0 aromatic heterocycles. The lowest BCUT2D eigenvalue weighted by Gasteiger charge is -2.26. The maximum absolute atomic E-state index is 13.8. The van der Waals surface area contributed by atoms with E-state index in [0.29, 0.717) is 0 Å². The van der Waals surface area contributed by atoms with Gasteiger partial charge in [-0.15, -0.1) is 0 Å². The van der Waals surface area contributed by atoms with E-state index in [0.717, 1.165) is 28.4 Å². The highest BCUT2D eigenvalue weighted by Gasteiger charge is 2.18. The van der Waals surface area contributed by atoms with Crippen molar-refractivity contribution in [1.29, 1.82) is 0 Å². The summed E-state index contributed by atoms with van der Waals surface area (Å²) < 4.78 is 14.7. The predicted molar refractivity (Wildman–Crippen MR) is 86.3 cm³/mol. The van der Waals surface area contributed by atoms with Crippen molar-refractivity contribution in [3.05, 3.63) is 34.1 Å². The van der Waals surface area contributed by atoms with E-state index in [-0.39, 0.29) is 11.9 Å². The molecule has 1 unspecified atom stereocenters. The molecule has 0 spiro atoms. The smallest absolute Gasteiger partial charge is 0.128 e.